The predicted molar refractivity (Wildman–Crippen MR) is 124 cm³/mol. The van der Waals surface area contributed by atoms with E-state index in [4.69, 9.17) is 0 Å². The summed E-state index contributed by atoms with van der Waals surface area (Å²) in [6, 6.07) is 8.00. The second-order valence-electron chi connectivity index (χ2n) is 8.11. The summed E-state index contributed by atoms with van der Waals surface area (Å²) >= 11 is 0. The fourth-order valence-electron chi connectivity index (χ4n) is 3.85. The summed E-state index contributed by atoms with van der Waals surface area (Å²) in [6.07, 6.45) is -2.13. The molecule has 0 aliphatic heterocycles. The van der Waals surface area contributed by atoms with Crippen LogP contribution in [0.2, 0.25) is 0 Å². The van der Waals surface area contributed by atoms with Crippen molar-refractivity contribution in [1.29, 1.82) is 0 Å². The van der Waals surface area contributed by atoms with Crippen LogP contribution in [0, 0.1) is 20.8 Å². The van der Waals surface area contributed by atoms with Crippen LogP contribution in [0.3, 0.4) is 0 Å². The Morgan fingerprint density at radius 3 is 2.18 bits per heavy atom. The molecule has 0 atom stereocenters. The van der Waals surface area contributed by atoms with Crippen molar-refractivity contribution in [2.24, 2.45) is 0 Å². The lowest BCUT2D eigenvalue weighted by atomic mass is 9.92. The van der Waals surface area contributed by atoms with Crippen LogP contribution < -0.4 is 5.32 Å². The van der Waals surface area contributed by atoms with Gasteiger partial charge in [0.2, 0.25) is 0 Å². The number of carbonyl (C=O) groups excluding carboxylic acids is 1. The molecule has 0 aliphatic carbocycles. The number of hydrogen-bond acceptors (Lipinski definition) is 4. The minimum absolute atomic E-state index is 0.00279. The number of aliphatic hydroxyl groups excluding tert-OH is 1. The number of benzene rings is 2. The summed E-state index contributed by atoms with van der Waals surface area (Å²) in [5.41, 5.74) is 1.25. The maximum Gasteiger partial charge on any atom is 0.417 e. The monoisotopic (exact) mass is 494 g/mol. The van der Waals surface area contributed by atoms with E-state index >= 15 is 0 Å². The topological polar surface area (TPSA) is 88.4 Å². The van der Waals surface area contributed by atoms with E-state index in [1.165, 1.54) is 41.1 Å². The minimum Gasteiger partial charge on any atom is -0.395 e. The fraction of sp³-hybridized carbons (Fsp3) is 0.292. The number of nitrogens with zero attached hydrogens (tertiary/aromatic N) is 1. The van der Waals surface area contributed by atoms with Gasteiger partial charge in [0.15, 0.2) is 9.84 Å². The Labute approximate surface area is 196 Å². The molecule has 10 heteroatoms. The molecule has 0 unspecified atom stereocenters. The van der Waals surface area contributed by atoms with Crippen molar-refractivity contribution >= 4 is 21.4 Å². The number of halogens is 3. The van der Waals surface area contributed by atoms with E-state index in [1.54, 1.807) is 20.8 Å². The van der Waals surface area contributed by atoms with Crippen molar-refractivity contribution in [2.45, 2.75) is 38.4 Å². The molecule has 0 radical (unpaired) electrons. The summed E-state index contributed by atoms with van der Waals surface area (Å²) in [5.74, 6) is -0.568. The minimum atomic E-state index is -4.61. The Morgan fingerprint density at radius 1 is 1.03 bits per heavy atom. The van der Waals surface area contributed by atoms with Crippen LogP contribution in [0.5, 0.6) is 0 Å². The lowest BCUT2D eigenvalue weighted by Gasteiger charge is -2.19. The average Bonchev–Trinajstić information content (AvgIpc) is 3.05. The van der Waals surface area contributed by atoms with Crippen LogP contribution in [0.25, 0.3) is 11.3 Å². The quantitative estimate of drug-likeness (QED) is 0.518. The maximum atomic E-state index is 13.9. The first-order valence-corrected chi connectivity index (χ1v) is 12.2. The third kappa shape index (κ3) is 5.02. The molecule has 0 aliphatic rings. The van der Waals surface area contributed by atoms with E-state index in [1.807, 2.05) is 0 Å². The van der Waals surface area contributed by atoms with E-state index in [-0.39, 0.29) is 34.9 Å². The van der Waals surface area contributed by atoms with E-state index in [0.717, 1.165) is 12.3 Å². The van der Waals surface area contributed by atoms with Crippen LogP contribution in [0.4, 0.5) is 18.9 Å². The van der Waals surface area contributed by atoms with Gasteiger partial charge in [0.25, 0.3) is 5.91 Å². The number of alkyl halides is 3. The number of aromatic nitrogens is 1. The standard InChI is InChI=1S/C24H25F3N2O4S/c1-14-5-10-20(24(25,26)27)21(15(14)2)22-16(3)19(13-29(22)11-12-30)23(31)28-17-6-8-18(9-7-17)34(4,32)33/h5-10,13,30H,11-12H2,1-4H3,(H,28,31). The summed E-state index contributed by atoms with van der Waals surface area (Å²) < 4.78 is 66.4. The van der Waals surface area contributed by atoms with E-state index in [2.05, 4.69) is 5.32 Å². The zero-order valence-corrected chi connectivity index (χ0v) is 19.9. The predicted octanol–water partition coefficient (Wildman–Crippen LogP) is 4.75. The highest BCUT2D eigenvalue weighted by Gasteiger charge is 2.36. The Hall–Kier alpha value is -3.11. The molecule has 0 saturated heterocycles. The van der Waals surface area contributed by atoms with Crippen LogP contribution >= 0.6 is 0 Å². The Balaban J connectivity index is 2.11. The molecule has 0 spiro atoms. The molecular formula is C24H25F3N2O4S. The van der Waals surface area contributed by atoms with E-state index < -0.39 is 27.5 Å². The summed E-state index contributed by atoms with van der Waals surface area (Å²) in [5, 5.41) is 12.2. The highest BCUT2D eigenvalue weighted by atomic mass is 32.2. The highest BCUT2D eigenvalue weighted by Crippen LogP contribution is 2.42. The molecule has 182 valence electrons. The molecular weight excluding hydrogens is 469 g/mol. The number of aliphatic hydroxyl groups is 1. The number of amides is 1. The highest BCUT2D eigenvalue weighted by molar-refractivity contribution is 7.90. The van der Waals surface area contributed by atoms with Gasteiger partial charge in [-0.15, -0.1) is 0 Å². The maximum absolute atomic E-state index is 13.9. The van der Waals surface area contributed by atoms with Crippen molar-refractivity contribution in [3.63, 3.8) is 0 Å². The largest absolute Gasteiger partial charge is 0.417 e. The lowest BCUT2D eigenvalue weighted by molar-refractivity contribution is -0.137. The number of nitrogens with one attached hydrogen (secondary N) is 1. The van der Waals surface area contributed by atoms with Gasteiger partial charge >= 0.3 is 6.18 Å². The molecule has 2 N–H and O–H groups in total. The molecule has 1 heterocycles. The number of carbonyl (C=O) groups is 1. The summed E-state index contributed by atoms with van der Waals surface area (Å²) in [6.45, 7) is 4.53. The van der Waals surface area contributed by atoms with Gasteiger partial charge in [-0.1, -0.05) is 6.07 Å². The van der Waals surface area contributed by atoms with Gasteiger partial charge in [0.1, 0.15) is 0 Å². The number of aryl methyl sites for hydroxylation is 1. The molecule has 1 amide bonds. The number of sulfone groups is 1. The van der Waals surface area contributed by atoms with Gasteiger partial charge in [0.05, 0.1) is 28.3 Å². The van der Waals surface area contributed by atoms with Crippen LogP contribution in [-0.2, 0) is 22.6 Å². The number of hydrogen-bond donors (Lipinski definition) is 2. The first kappa shape index (κ1) is 25.5. The second-order valence-corrected chi connectivity index (χ2v) is 10.1. The van der Waals surface area contributed by atoms with Gasteiger partial charge < -0.3 is 15.0 Å². The van der Waals surface area contributed by atoms with Crippen LogP contribution in [0.1, 0.15) is 32.6 Å². The fourth-order valence-corrected chi connectivity index (χ4v) is 4.48. The van der Waals surface area contributed by atoms with Crippen molar-refractivity contribution in [2.75, 3.05) is 18.2 Å². The summed E-state index contributed by atoms with van der Waals surface area (Å²) in [7, 11) is -3.40. The first-order valence-electron chi connectivity index (χ1n) is 10.4. The van der Waals surface area contributed by atoms with Crippen molar-refractivity contribution in [3.05, 3.63) is 70.4 Å². The van der Waals surface area contributed by atoms with Crippen molar-refractivity contribution < 1.29 is 31.5 Å². The smallest absolute Gasteiger partial charge is 0.395 e. The van der Waals surface area contributed by atoms with Gasteiger partial charge in [-0.05, 0) is 67.8 Å². The molecule has 1 aromatic heterocycles. The Kier molecular flexibility index (Phi) is 6.95. The molecule has 3 aromatic rings. The van der Waals surface area contributed by atoms with Crippen LogP contribution in [-0.4, -0.2) is 36.9 Å². The average molecular weight is 495 g/mol. The molecule has 0 saturated carbocycles. The molecule has 6 nitrogen and oxygen atoms in total. The SMILES string of the molecule is Cc1ccc(C(F)(F)F)c(-c2c(C)c(C(=O)Nc3ccc(S(C)(=O)=O)cc3)cn2CCO)c1C. The van der Waals surface area contributed by atoms with Gasteiger partial charge in [-0.2, -0.15) is 13.2 Å². The van der Waals surface area contributed by atoms with Crippen molar-refractivity contribution in [1.82, 2.24) is 4.57 Å². The first-order chi connectivity index (χ1) is 15.8. The normalized spacial score (nSPS) is 12.1. The third-order valence-electron chi connectivity index (χ3n) is 5.74. The zero-order valence-electron chi connectivity index (χ0n) is 19.1. The zero-order chi connectivity index (χ0) is 25.4. The van der Waals surface area contributed by atoms with Crippen molar-refractivity contribution in [3.8, 4) is 11.3 Å². The van der Waals surface area contributed by atoms with Gasteiger partial charge in [-0.25, -0.2) is 8.42 Å². The van der Waals surface area contributed by atoms with Crippen LogP contribution in [0.15, 0.2) is 47.5 Å². The lowest BCUT2D eigenvalue weighted by Crippen LogP contribution is -2.13. The molecule has 3 rings (SSSR count). The Bertz CT molecular complexity index is 1340. The summed E-state index contributed by atoms with van der Waals surface area (Å²) in [4.78, 5) is 13.1. The second kappa shape index (κ2) is 9.27. The third-order valence-corrected chi connectivity index (χ3v) is 6.86. The van der Waals surface area contributed by atoms with Gasteiger partial charge in [-0.3, -0.25) is 4.79 Å². The van der Waals surface area contributed by atoms with Gasteiger partial charge in [0, 0.05) is 30.2 Å². The number of rotatable bonds is 6. The van der Waals surface area contributed by atoms with E-state index in [9.17, 15) is 31.5 Å². The molecule has 34 heavy (non-hydrogen) atoms. The molecule has 0 fully saturated rings. The molecule has 2 aromatic carbocycles. The number of anilines is 1. The Morgan fingerprint density at radius 2 is 1.65 bits per heavy atom. The van der Waals surface area contributed by atoms with E-state index in [0.29, 0.717) is 22.4 Å². The molecule has 0 bridgehead atoms.